The monoisotopic (exact) mass is 396 g/mol. The van der Waals surface area contributed by atoms with Gasteiger partial charge in [0.15, 0.2) is 0 Å². The molecule has 2 atom stereocenters. The Balaban J connectivity index is 0.00000243. The van der Waals surface area contributed by atoms with Crippen molar-refractivity contribution in [3.05, 3.63) is 59.2 Å². The molecule has 0 spiro atoms. The second-order valence-corrected chi connectivity index (χ2v) is 8.50. The lowest BCUT2D eigenvalue weighted by Crippen LogP contribution is -2.32. The molecule has 0 bridgehead atoms. The first-order valence-corrected chi connectivity index (χ1v) is 9.74. The Morgan fingerprint density at radius 2 is 1.73 bits per heavy atom. The van der Waals surface area contributed by atoms with Gasteiger partial charge in [0.05, 0.1) is 12.0 Å². The third-order valence-corrected chi connectivity index (χ3v) is 6.84. The first kappa shape index (κ1) is 20.7. The number of rotatable bonds is 4. The largest absolute Gasteiger partial charge is 0.496 e. The standard InChI is InChI=1S/C19H24N2O3S.ClH/c1-13-10-19(14(2)9-18(13)24-3)25(22,23)21-11-16(17(20)12-21)15-7-5-4-6-8-15;/h4-10,16-17H,11-12,20H2,1-3H3;1H/t16-,17+;/m0./s1. The van der Waals surface area contributed by atoms with Crippen molar-refractivity contribution >= 4 is 22.4 Å². The number of sulfonamides is 1. The fourth-order valence-corrected chi connectivity index (χ4v) is 5.24. The predicted octanol–water partition coefficient (Wildman–Crippen LogP) is 2.85. The van der Waals surface area contributed by atoms with Crippen LogP contribution in [-0.4, -0.2) is 39.0 Å². The van der Waals surface area contributed by atoms with Gasteiger partial charge in [0.2, 0.25) is 10.0 Å². The average molecular weight is 397 g/mol. The van der Waals surface area contributed by atoms with Gasteiger partial charge in [-0.05, 0) is 42.7 Å². The van der Waals surface area contributed by atoms with E-state index in [0.717, 1.165) is 11.1 Å². The van der Waals surface area contributed by atoms with E-state index in [4.69, 9.17) is 10.5 Å². The molecule has 2 aromatic carbocycles. The highest BCUT2D eigenvalue weighted by Crippen LogP contribution is 2.33. The summed E-state index contributed by atoms with van der Waals surface area (Å²) in [6, 6.07) is 13.1. The van der Waals surface area contributed by atoms with Crippen molar-refractivity contribution in [3.8, 4) is 5.75 Å². The van der Waals surface area contributed by atoms with Crippen LogP contribution in [0.25, 0.3) is 0 Å². The minimum atomic E-state index is -3.59. The highest BCUT2D eigenvalue weighted by molar-refractivity contribution is 7.89. The number of halogens is 1. The van der Waals surface area contributed by atoms with Crippen molar-refractivity contribution in [2.45, 2.75) is 30.7 Å². The molecule has 0 amide bonds. The molecule has 2 aromatic rings. The molecule has 7 heteroatoms. The molecule has 142 valence electrons. The molecule has 0 saturated carbocycles. The van der Waals surface area contributed by atoms with Gasteiger partial charge in [-0.25, -0.2) is 8.42 Å². The maximum Gasteiger partial charge on any atom is 0.243 e. The summed E-state index contributed by atoms with van der Waals surface area (Å²) in [5.41, 5.74) is 8.82. The van der Waals surface area contributed by atoms with E-state index in [-0.39, 0.29) is 24.4 Å². The molecule has 0 aromatic heterocycles. The van der Waals surface area contributed by atoms with Gasteiger partial charge >= 0.3 is 0 Å². The smallest absolute Gasteiger partial charge is 0.243 e. The van der Waals surface area contributed by atoms with Gasteiger partial charge in [0.25, 0.3) is 0 Å². The SMILES string of the molecule is COc1cc(C)c(S(=O)(=O)N2C[C@@H](N)[C@H](c3ccccc3)C2)cc1C.Cl. The Bertz CT molecular complexity index is 872. The van der Waals surface area contributed by atoms with Gasteiger partial charge in [-0.1, -0.05) is 30.3 Å². The summed E-state index contributed by atoms with van der Waals surface area (Å²) in [5, 5.41) is 0. The summed E-state index contributed by atoms with van der Waals surface area (Å²) in [5.74, 6) is 0.701. The fraction of sp³-hybridized carbons (Fsp3) is 0.368. The molecule has 1 heterocycles. The zero-order chi connectivity index (χ0) is 18.2. The van der Waals surface area contributed by atoms with E-state index in [1.165, 1.54) is 4.31 Å². The fourth-order valence-electron chi connectivity index (χ4n) is 3.44. The highest BCUT2D eigenvalue weighted by Gasteiger charge is 2.38. The minimum Gasteiger partial charge on any atom is -0.496 e. The number of aryl methyl sites for hydroxylation is 2. The average Bonchev–Trinajstić information content (AvgIpc) is 3.00. The molecule has 1 aliphatic heterocycles. The molecule has 1 fully saturated rings. The van der Waals surface area contributed by atoms with E-state index in [9.17, 15) is 8.42 Å². The number of benzene rings is 2. The zero-order valence-electron chi connectivity index (χ0n) is 15.2. The Hall–Kier alpha value is -1.60. The van der Waals surface area contributed by atoms with E-state index in [1.54, 1.807) is 26.2 Å². The summed E-state index contributed by atoms with van der Waals surface area (Å²) in [6.07, 6.45) is 0. The third kappa shape index (κ3) is 3.74. The van der Waals surface area contributed by atoms with Crippen LogP contribution in [0.1, 0.15) is 22.6 Å². The van der Waals surface area contributed by atoms with Gasteiger partial charge in [-0.3, -0.25) is 0 Å². The van der Waals surface area contributed by atoms with Crippen LogP contribution in [0.5, 0.6) is 5.75 Å². The van der Waals surface area contributed by atoms with Crippen LogP contribution in [0, 0.1) is 13.8 Å². The second-order valence-electron chi connectivity index (χ2n) is 6.59. The number of methoxy groups -OCH3 is 1. The van der Waals surface area contributed by atoms with Crippen LogP contribution < -0.4 is 10.5 Å². The molecule has 3 rings (SSSR count). The topological polar surface area (TPSA) is 72.6 Å². The van der Waals surface area contributed by atoms with Crippen molar-refractivity contribution in [3.63, 3.8) is 0 Å². The molecule has 1 saturated heterocycles. The summed E-state index contributed by atoms with van der Waals surface area (Å²) < 4.78 is 33.1. The van der Waals surface area contributed by atoms with Crippen LogP contribution in [0.2, 0.25) is 0 Å². The first-order valence-electron chi connectivity index (χ1n) is 8.30. The van der Waals surface area contributed by atoms with Crippen molar-refractivity contribution in [2.24, 2.45) is 5.73 Å². The molecule has 5 nitrogen and oxygen atoms in total. The molecule has 26 heavy (non-hydrogen) atoms. The highest BCUT2D eigenvalue weighted by atomic mass is 35.5. The predicted molar refractivity (Wildman–Crippen MR) is 106 cm³/mol. The Labute approximate surface area is 161 Å². The molecular weight excluding hydrogens is 372 g/mol. The number of ether oxygens (including phenoxy) is 1. The van der Waals surface area contributed by atoms with Crippen LogP contribution >= 0.6 is 12.4 Å². The van der Waals surface area contributed by atoms with Crippen LogP contribution in [0.4, 0.5) is 0 Å². The van der Waals surface area contributed by atoms with Gasteiger partial charge < -0.3 is 10.5 Å². The summed E-state index contributed by atoms with van der Waals surface area (Å²) >= 11 is 0. The van der Waals surface area contributed by atoms with Crippen LogP contribution in [0.3, 0.4) is 0 Å². The number of nitrogens with two attached hydrogens (primary N) is 1. The Morgan fingerprint density at radius 1 is 1.08 bits per heavy atom. The quantitative estimate of drug-likeness (QED) is 0.862. The molecular formula is C19H25ClN2O3S. The van der Waals surface area contributed by atoms with Crippen LogP contribution in [-0.2, 0) is 10.0 Å². The van der Waals surface area contributed by atoms with E-state index in [1.807, 2.05) is 37.3 Å². The van der Waals surface area contributed by atoms with Crippen molar-refractivity contribution in [1.82, 2.24) is 4.31 Å². The lowest BCUT2D eigenvalue weighted by Gasteiger charge is -2.19. The maximum atomic E-state index is 13.2. The van der Waals surface area contributed by atoms with E-state index in [0.29, 0.717) is 29.3 Å². The van der Waals surface area contributed by atoms with Crippen molar-refractivity contribution < 1.29 is 13.2 Å². The Kier molecular flexibility index (Phi) is 6.34. The molecule has 0 unspecified atom stereocenters. The summed E-state index contributed by atoms with van der Waals surface area (Å²) in [7, 11) is -2.01. The van der Waals surface area contributed by atoms with Gasteiger partial charge in [-0.15, -0.1) is 12.4 Å². The number of hydrogen-bond acceptors (Lipinski definition) is 4. The maximum absolute atomic E-state index is 13.2. The lowest BCUT2D eigenvalue weighted by atomic mass is 9.95. The van der Waals surface area contributed by atoms with E-state index >= 15 is 0 Å². The molecule has 2 N–H and O–H groups in total. The first-order chi connectivity index (χ1) is 11.8. The third-order valence-electron chi connectivity index (χ3n) is 4.87. The number of hydrogen-bond donors (Lipinski definition) is 1. The molecule has 0 radical (unpaired) electrons. The van der Waals surface area contributed by atoms with Crippen LogP contribution in [0.15, 0.2) is 47.4 Å². The van der Waals surface area contributed by atoms with Crippen molar-refractivity contribution in [1.29, 1.82) is 0 Å². The lowest BCUT2D eigenvalue weighted by molar-refractivity contribution is 0.410. The van der Waals surface area contributed by atoms with Gasteiger partial charge in [0.1, 0.15) is 5.75 Å². The normalized spacial score (nSPS) is 20.6. The van der Waals surface area contributed by atoms with Crippen molar-refractivity contribution in [2.75, 3.05) is 20.2 Å². The van der Waals surface area contributed by atoms with Gasteiger partial charge in [0, 0.05) is 25.0 Å². The zero-order valence-corrected chi connectivity index (χ0v) is 16.8. The molecule has 1 aliphatic rings. The number of nitrogens with zero attached hydrogens (tertiary/aromatic N) is 1. The second kappa shape index (κ2) is 7.96. The molecule has 0 aliphatic carbocycles. The van der Waals surface area contributed by atoms with E-state index in [2.05, 4.69) is 0 Å². The summed E-state index contributed by atoms with van der Waals surface area (Å²) in [6.45, 7) is 4.36. The minimum absolute atomic E-state index is 0. The summed E-state index contributed by atoms with van der Waals surface area (Å²) in [4.78, 5) is 0.326. The van der Waals surface area contributed by atoms with Gasteiger partial charge in [-0.2, -0.15) is 4.31 Å². The van der Waals surface area contributed by atoms with E-state index < -0.39 is 10.0 Å². The Morgan fingerprint density at radius 3 is 2.35 bits per heavy atom.